The van der Waals surface area contributed by atoms with Gasteiger partial charge in [0.15, 0.2) is 6.10 Å². The maximum absolute atomic E-state index is 13.6. The second-order valence-electron chi connectivity index (χ2n) is 4.79. The Morgan fingerprint density at radius 3 is 2.21 bits per heavy atom. The number of carbonyl (C=O) groups excluding carboxylic acids is 2. The van der Waals surface area contributed by atoms with E-state index in [0.29, 0.717) is 0 Å². The summed E-state index contributed by atoms with van der Waals surface area (Å²) in [6.07, 6.45) is -1.28. The number of ether oxygens (including phenoxy) is 1. The number of halogens is 4. The summed E-state index contributed by atoms with van der Waals surface area (Å²) >= 11 is 11.2. The Hall–Kier alpha value is -2.18. The van der Waals surface area contributed by atoms with E-state index in [4.69, 9.17) is 27.9 Å². The second kappa shape index (κ2) is 7.59. The molecule has 8 heteroatoms. The largest absolute Gasteiger partial charge is 0.449 e. The van der Waals surface area contributed by atoms with E-state index in [-0.39, 0.29) is 21.3 Å². The van der Waals surface area contributed by atoms with Crippen LogP contribution in [0.15, 0.2) is 36.4 Å². The number of carbonyl (C=O) groups is 2. The van der Waals surface area contributed by atoms with Crippen molar-refractivity contribution in [3.8, 4) is 0 Å². The van der Waals surface area contributed by atoms with Crippen molar-refractivity contribution in [2.24, 2.45) is 0 Å². The van der Waals surface area contributed by atoms with Crippen LogP contribution < -0.4 is 5.32 Å². The van der Waals surface area contributed by atoms with E-state index in [2.05, 4.69) is 5.32 Å². The van der Waals surface area contributed by atoms with Gasteiger partial charge in [0.1, 0.15) is 11.6 Å². The quantitative estimate of drug-likeness (QED) is 0.805. The summed E-state index contributed by atoms with van der Waals surface area (Å²) < 4.78 is 32.1. The number of hydrogen-bond donors (Lipinski definition) is 1. The highest BCUT2D eigenvalue weighted by molar-refractivity contribution is 6.31. The SMILES string of the molecule is C[C@H](OC(=O)c1ccc(Cl)cc1F)C(=O)Nc1ccc(Cl)cc1F. The van der Waals surface area contributed by atoms with Crippen LogP contribution in [0.25, 0.3) is 0 Å². The van der Waals surface area contributed by atoms with Crippen LogP contribution in [0.5, 0.6) is 0 Å². The normalized spacial score (nSPS) is 11.7. The van der Waals surface area contributed by atoms with Gasteiger partial charge in [-0.2, -0.15) is 0 Å². The molecule has 0 aliphatic heterocycles. The van der Waals surface area contributed by atoms with Gasteiger partial charge in [0.05, 0.1) is 11.3 Å². The van der Waals surface area contributed by atoms with Gasteiger partial charge in [0, 0.05) is 10.0 Å². The van der Waals surface area contributed by atoms with Crippen molar-refractivity contribution in [2.45, 2.75) is 13.0 Å². The van der Waals surface area contributed by atoms with E-state index >= 15 is 0 Å². The first-order valence-corrected chi connectivity index (χ1v) is 7.45. The standard InChI is InChI=1S/C16H11Cl2F2NO3/c1-8(15(22)21-14-5-3-10(18)7-13(14)20)24-16(23)11-4-2-9(17)6-12(11)19/h2-8H,1H3,(H,21,22)/t8-/m0/s1. The van der Waals surface area contributed by atoms with Gasteiger partial charge in [-0.25, -0.2) is 13.6 Å². The van der Waals surface area contributed by atoms with Crippen LogP contribution in [-0.2, 0) is 9.53 Å². The predicted octanol–water partition coefficient (Wildman–Crippen LogP) is 4.46. The van der Waals surface area contributed by atoms with Gasteiger partial charge in [-0.05, 0) is 43.3 Å². The van der Waals surface area contributed by atoms with Crippen LogP contribution in [0.4, 0.5) is 14.5 Å². The molecule has 0 aliphatic carbocycles. The smallest absolute Gasteiger partial charge is 0.341 e. The Morgan fingerprint density at radius 1 is 1.04 bits per heavy atom. The molecule has 0 unspecified atom stereocenters. The van der Waals surface area contributed by atoms with Gasteiger partial charge in [0.25, 0.3) is 5.91 Å². The van der Waals surface area contributed by atoms with Crippen molar-refractivity contribution < 1.29 is 23.1 Å². The van der Waals surface area contributed by atoms with Crippen molar-refractivity contribution in [3.63, 3.8) is 0 Å². The van der Waals surface area contributed by atoms with Crippen molar-refractivity contribution in [1.29, 1.82) is 0 Å². The highest BCUT2D eigenvalue weighted by Crippen LogP contribution is 2.20. The molecule has 0 spiro atoms. The topological polar surface area (TPSA) is 55.4 Å². The van der Waals surface area contributed by atoms with E-state index < -0.39 is 29.6 Å². The lowest BCUT2D eigenvalue weighted by molar-refractivity contribution is -0.123. The van der Waals surface area contributed by atoms with Gasteiger partial charge in [-0.1, -0.05) is 23.2 Å². The lowest BCUT2D eigenvalue weighted by atomic mass is 10.2. The van der Waals surface area contributed by atoms with Gasteiger partial charge >= 0.3 is 5.97 Å². The molecule has 1 atom stereocenters. The van der Waals surface area contributed by atoms with Crippen LogP contribution in [-0.4, -0.2) is 18.0 Å². The molecule has 0 aromatic heterocycles. The van der Waals surface area contributed by atoms with E-state index in [1.165, 1.54) is 25.1 Å². The summed E-state index contributed by atoms with van der Waals surface area (Å²) in [6, 6.07) is 7.09. The fourth-order valence-electron chi connectivity index (χ4n) is 1.76. The van der Waals surface area contributed by atoms with E-state index in [1.54, 1.807) is 0 Å². The van der Waals surface area contributed by atoms with E-state index in [0.717, 1.165) is 18.2 Å². The van der Waals surface area contributed by atoms with Crippen molar-refractivity contribution in [2.75, 3.05) is 5.32 Å². The molecule has 0 radical (unpaired) electrons. The molecule has 2 rings (SSSR count). The molecule has 1 amide bonds. The molecule has 4 nitrogen and oxygen atoms in total. The molecule has 0 fully saturated rings. The molecule has 2 aromatic carbocycles. The molecule has 126 valence electrons. The molecule has 0 saturated carbocycles. The average Bonchev–Trinajstić information content (AvgIpc) is 2.49. The molecular formula is C16H11Cl2F2NO3. The Kier molecular flexibility index (Phi) is 5.75. The Morgan fingerprint density at radius 2 is 1.62 bits per heavy atom. The van der Waals surface area contributed by atoms with Crippen LogP contribution >= 0.6 is 23.2 Å². The fraction of sp³-hybridized carbons (Fsp3) is 0.125. The second-order valence-corrected chi connectivity index (χ2v) is 5.66. The molecule has 0 saturated heterocycles. The van der Waals surface area contributed by atoms with Crippen LogP contribution in [0.1, 0.15) is 17.3 Å². The first-order valence-electron chi connectivity index (χ1n) is 6.70. The number of hydrogen-bond acceptors (Lipinski definition) is 3. The van der Waals surface area contributed by atoms with Crippen molar-refractivity contribution in [1.82, 2.24) is 0 Å². The van der Waals surface area contributed by atoms with E-state index in [1.807, 2.05) is 0 Å². The summed E-state index contributed by atoms with van der Waals surface area (Å²) in [5, 5.41) is 2.54. The van der Waals surface area contributed by atoms with Crippen LogP contribution in [0, 0.1) is 11.6 Å². The first kappa shape index (κ1) is 18.2. The third kappa shape index (κ3) is 4.43. The molecule has 24 heavy (non-hydrogen) atoms. The summed E-state index contributed by atoms with van der Waals surface area (Å²) in [7, 11) is 0. The highest BCUT2D eigenvalue weighted by Gasteiger charge is 2.22. The lowest BCUT2D eigenvalue weighted by Gasteiger charge is -2.14. The monoisotopic (exact) mass is 373 g/mol. The number of nitrogens with one attached hydrogen (secondary N) is 1. The minimum absolute atomic E-state index is 0.119. The number of anilines is 1. The zero-order chi connectivity index (χ0) is 17.9. The molecular weight excluding hydrogens is 363 g/mol. The number of benzene rings is 2. The van der Waals surface area contributed by atoms with Gasteiger partial charge < -0.3 is 10.1 Å². The highest BCUT2D eigenvalue weighted by atomic mass is 35.5. The molecule has 0 bridgehead atoms. The summed E-state index contributed by atoms with van der Waals surface area (Å²) in [5.41, 5.74) is -0.485. The van der Waals surface area contributed by atoms with Crippen molar-refractivity contribution in [3.05, 3.63) is 63.6 Å². The van der Waals surface area contributed by atoms with Gasteiger partial charge in [0.2, 0.25) is 0 Å². The van der Waals surface area contributed by atoms with Crippen LogP contribution in [0.2, 0.25) is 10.0 Å². The maximum Gasteiger partial charge on any atom is 0.341 e. The van der Waals surface area contributed by atoms with E-state index in [9.17, 15) is 18.4 Å². The third-order valence-corrected chi connectivity index (χ3v) is 3.46. The van der Waals surface area contributed by atoms with Crippen molar-refractivity contribution >= 4 is 40.8 Å². The Labute approximate surface area is 146 Å². The predicted molar refractivity (Wildman–Crippen MR) is 86.3 cm³/mol. The zero-order valence-electron chi connectivity index (χ0n) is 12.3. The summed E-state index contributed by atoms with van der Waals surface area (Å²) in [4.78, 5) is 23.8. The minimum atomic E-state index is -1.28. The molecule has 0 heterocycles. The maximum atomic E-state index is 13.6. The molecule has 2 aromatic rings. The fourth-order valence-corrected chi connectivity index (χ4v) is 2.08. The Bertz CT molecular complexity index is 799. The lowest BCUT2D eigenvalue weighted by Crippen LogP contribution is -2.30. The minimum Gasteiger partial charge on any atom is -0.449 e. The average molecular weight is 374 g/mol. The zero-order valence-corrected chi connectivity index (χ0v) is 13.8. The molecule has 1 N–H and O–H groups in total. The van der Waals surface area contributed by atoms with Crippen LogP contribution in [0.3, 0.4) is 0 Å². The third-order valence-electron chi connectivity index (χ3n) is 2.99. The number of amides is 1. The molecule has 0 aliphatic rings. The number of rotatable bonds is 4. The Balaban J connectivity index is 2.04. The van der Waals surface area contributed by atoms with Gasteiger partial charge in [-0.3, -0.25) is 4.79 Å². The summed E-state index contributed by atoms with van der Waals surface area (Å²) in [5.74, 6) is -3.43. The summed E-state index contributed by atoms with van der Waals surface area (Å²) in [6.45, 7) is 1.27. The number of esters is 1. The first-order chi connectivity index (χ1) is 11.3. The van der Waals surface area contributed by atoms with Gasteiger partial charge in [-0.15, -0.1) is 0 Å².